The summed E-state index contributed by atoms with van der Waals surface area (Å²) in [6.07, 6.45) is 0. The first kappa shape index (κ1) is 10.1. The zero-order valence-electron chi connectivity index (χ0n) is 8.17. The monoisotopic (exact) mass is 226 g/mol. The van der Waals surface area contributed by atoms with Crippen LogP contribution in [0.4, 0.5) is 4.79 Å². The van der Waals surface area contributed by atoms with E-state index in [4.69, 9.17) is 11.6 Å². The number of amides is 2. The number of nitrogens with one attached hydrogen (secondary N) is 2. The molecule has 1 aliphatic rings. The molecule has 2 rings (SSSR count). The van der Waals surface area contributed by atoms with Gasteiger partial charge in [-0.1, -0.05) is 11.6 Å². The van der Waals surface area contributed by atoms with Crippen molar-refractivity contribution in [3.05, 3.63) is 28.3 Å². The molecule has 0 saturated carbocycles. The van der Waals surface area contributed by atoms with Crippen LogP contribution in [0.2, 0.25) is 5.02 Å². The summed E-state index contributed by atoms with van der Waals surface area (Å²) in [6, 6.07) is 2.92. The van der Waals surface area contributed by atoms with Crippen molar-refractivity contribution in [2.45, 2.75) is 13.0 Å². The van der Waals surface area contributed by atoms with Gasteiger partial charge in [-0.2, -0.15) is 0 Å². The summed E-state index contributed by atoms with van der Waals surface area (Å²) in [6.45, 7) is 2.24. The van der Waals surface area contributed by atoms with E-state index < -0.39 is 0 Å². The average molecular weight is 227 g/mol. The molecule has 5 heteroatoms. The highest BCUT2D eigenvalue weighted by molar-refractivity contribution is 6.30. The number of rotatable bonds is 1. The van der Waals surface area contributed by atoms with Gasteiger partial charge >= 0.3 is 6.03 Å². The van der Waals surface area contributed by atoms with Gasteiger partial charge in [0.15, 0.2) is 0 Å². The molecule has 15 heavy (non-hydrogen) atoms. The van der Waals surface area contributed by atoms with Gasteiger partial charge < -0.3 is 15.7 Å². The third kappa shape index (κ3) is 1.85. The SMILES string of the molecule is Cc1cc(Cl)cc([C@@H]2CNC(=O)N2)c1O. The lowest BCUT2D eigenvalue weighted by Gasteiger charge is -2.13. The quantitative estimate of drug-likeness (QED) is 0.683. The van der Waals surface area contributed by atoms with Crippen molar-refractivity contribution in [1.29, 1.82) is 0 Å². The Morgan fingerprint density at radius 3 is 2.87 bits per heavy atom. The fourth-order valence-corrected chi connectivity index (χ4v) is 1.95. The first-order valence-corrected chi connectivity index (χ1v) is 4.99. The molecule has 0 aliphatic carbocycles. The largest absolute Gasteiger partial charge is 0.507 e. The van der Waals surface area contributed by atoms with Crippen LogP contribution in [0.5, 0.6) is 5.75 Å². The number of benzene rings is 1. The van der Waals surface area contributed by atoms with Gasteiger partial charge in [-0.25, -0.2) is 4.79 Å². The van der Waals surface area contributed by atoms with Crippen LogP contribution in [-0.4, -0.2) is 17.7 Å². The van der Waals surface area contributed by atoms with Crippen molar-refractivity contribution < 1.29 is 9.90 Å². The van der Waals surface area contributed by atoms with Crippen LogP contribution >= 0.6 is 11.6 Å². The van der Waals surface area contributed by atoms with Crippen molar-refractivity contribution in [1.82, 2.24) is 10.6 Å². The molecule has 0 bridgehead atoms. The Bertz CT molecular complexity index is 420. The standard InChI is InChI=1S/C10H11ClN2O2/c1-5-2-6(11)3-7(9(5)14)8-4-12-10(15)13-8/h2-3,8,14H,4H2,1H3,(H2,12,13,15)/t8-/m0/s1. The summed E-state index contributed by atoms with van der Waals surface area (Å²) in [7, 11) is 0. The Morgan fingerprint density at radius 1 is 1.53 bits per heavy atom. The van der Waals surface area contributed by atoms with Crippen LogP contribution in [0.3, 0.4) is 0 Å². The summed E-state index contributed by atoms with van der Waals surface area (Å²) in [5.74, 6) is 0.188. The van der Waals surface area contributed by atoms with Crippen molar-refractivity contribution in [2.75, 3.05) is 6.54 Å². The predicted octanol–water partition coefficient (Wildman–Crippen LogP) is 1.71. The van der Waals surface area contributed by atoms with E-state index in [0.717, 1.165) is 0 Å². The topological polar surface area (TPSA) is 61.4 Å². The molecule has 0 spiro atoms. The van der Waals surface area contributed by atoms with E-state index in [2.05, 4.69) is 10.6 Å². The molecule has 3 N–H and O–H groups in total. The zero-order chi connectivity index (χ0) is 11.0. The minimum atomic E-state index is -0.225. The Balaban J connectivity index is 2.39. The molecule has 1 saturated heterocycles. The Morgan fingerprint density at radius 2 is 2.27 bits per heavy atom. The molecule has 1 aromatic carbocycles. The zero-order valence-corrected chi connectivity index (χ0v) is 8.93. The third-order valence-electron chi connectivity index (χ3n) is 2.44. The van der Waals surface area contributed by atoms with Crippen molar-refractivity contribution in [3.8, 4) is 5.75 Å². The number of carbonyl (C=O) groups excluding carboxylic acids is 1. The van der Waals surface area contributed by atoms with Crippen LogP contribution < -0.4 is 10.6 Å². The molecule has 1 fully saturated rings. The Hall–Kier alpha value is -1.42. The lowest BCUT2D eigenvalue weighted by Crippen LogP contribution is -2.21. The van der Waals surface area contributed by atoms with E-state index in [-0.39, 0.29) is 17.8 Å². The lowest BCUT2D eigenvalue weighted by atomic mass is 10.0. The summed E-state index contributed by atoms with van der Waals surface area (Å²) in [4.78, 5) is 11.0. The number of phenolic OH excluding ortho intramolecular Hbond substituents is 1. The predicted molar refractivity (Wildman–Crippen MR) is 57.1 cm³/mol. The van der Waals surface area contributed by atoms with E-state index >= 15 is 0 Å². The van der Waals surface area contributed by atoms with Crippen LogP contribution in [0, 0.1) is 6.92 Å². The molecule has 0 radical (unpaired) electrons. The van der Waals surface area contributed by atoms with Gasteiger partial charge in [-0.3, -0.25) is 0 Å². The number of phenols is 1. The molecular formula is C10H11ClN2O2. The first-order valence-electron chi connectivity index (χ1n) is 4.61. The number of aryl methyl sites for hydroxylation is 1. The third-order valence-corrected chi connectivity index (χ3v) is 2.66. The molecule has 1 aromatic rings. The van der Waals surface area contributed by atoms with Gasteiger partial charge in [0.1, 0.15) is 5.75 Å². The van der Waals surface area contributed by atoms with Crippen molar-refractivity contribution in [3.63, 3.8) is 0 Å². The number of carbonyl (C=O) groups is 1. The highest BCUT2D eigenvalue weighted by atomic mass is 35.5. The highest BCUT2D eigenvalue weighted by Gasteiger charge is 2.24. The van der Waals surface area contributed by atoms with Gasteiger partial charge in [0.25, 0.3) is 0 Å². The van der Waals surface area contributed by atoms with Gasteiger partial charge in [0.05, 0.1) is 6.04 Å². The molecule has 1 aliphatic heterocycles. The van der Waals surface area contributed by atoms with Crippen molar-refractivity contribution in [2.24, 2.45) is 0 Å². The van der Waals surface area contributed by atoms with E-state index in [1.807, 2.05) is 0 Å². The van der Waals surface area contributed by atoms with E-state index in [1.165, 1.54) is 0 Å². The van der Waals surface area contributed by atoms with Crippen LogP contribution in [0.1, 0.15) is 17.2 Å². The second-order valence-corrected chi connectivity index (χ2v) is 4.00. The highest BCUT2D eigenvalue weighted by Crippen LogP contribution is 2.31. The van der Waals surface area contributed by atoms with Crippen LogP contribution in [0.25, 0.3) is 0 Å². The van der Waals surface area contributed by atoms with Crippen molar-refractivity contribution >= 4 is 17.6 Å². The molecule has 80 valence electrons. The van der Waals surface area contributed by atoms with E-state index in [0.29, 0.717) is 22.7 Å². The number of halogens is 1. The minimum absolute atomic E-state index is 0.188. The first-order chi connectivity index (χ1) is 7.08. The molecule has 2 amide bonds. The molecule has 1 atom stereocenters. The molecule has 0 unspecified atom stereocenters. The fraction of sp³-hybridized carbons (Fsp3) is 0.300. The minimum Gasteiger partial charge on any atom is -0.507 e. The summed E-state index contributed by atoms with van der Waals surface area (Å²) in [5, 5.41) is 15.7. The van der Waals surface area contributed by atoms with Gasteiger partial charge in [-0.05, 0) is 24.6 Å². The Labute approximate surface area is 92.2 Å². The number of urea groups is 1. The molecule has 1 heterocycles. The smallest absolute Gasteiger partial charge is 0.315 e. The summed E-state index contributed by atoms with van der Waals surface area (Å²) in [5.41, 5.74) is 1.36. The maximum absolute atomic E-state index is 11.0. The number of hydrogen-bond donors (Lipinski definition) is 3. The number of hydrogen-bond acceptors (Lipinski definition) is 2. The molecular weight excluding hydrogens is 216 g/mol. The maximum Gasteiger partial charge on any atom is 0.315 e. The second-order valence-electron chi connectivity index (χ2n) is 3.57. The summed E-state index contributed by atoms with van der Waals surface area (Å²) < 4.78 is 0. The number of aromatic hydroxyl groups is 1. The molecule has 0 aromatic heterocycles. The second kappa shape index (κ2) is 3.62. The van der Waals surface area contributed by atoms with E-state index in [9.17, 15) is 9.90 Å². The van der Waals surface area contributed by atoms with E-state index in [1.54, 1.807) is 19.1 Å². The van der Waals surface area contributed by atoms with Crippen LogP contribution in [-0.2, 0) is 0 Å². The maximum atomic E-state index is 11.0. The van der Waals surface area contributed by atoms with Crippen LogP contribution in [0.15, 0.2) is 12.1 Å². The fourth-order valence-electron chi connectivity index (χ4n) is 1.67. The lowest BCUT2D eigenvalue weighted by molar-refractivity contribution is 0.247. The van der Waals surface area contributed by atoms with Gasteiger partial charge in [0.2, 0.25) is 0 Å². The Kier molecular flexibility index (Phi) is 2.44. The summed E-state index contributed by atoms with van der Waals surface area (Å²) >= 11 is 5.89. The van der Waals surface area contributed by atoms with Gasteiger partial charge in [-0.15, -0.1) is 0 Å². The normalized spacial score (nSPS) is 19.9. The van der Waals surface area contributed by atoms with Gasteiger partial charge in [0, 0.05) is 17.1 Å². The molecule has 4 nitrogen and oxygen atoms in total. The average Bonchev–Trinajstić information content (AvgIpc) is 2.58.